The van der Waals surface area contributed by atoms with Gasteiger partial charge in [-0.1, -0.05) is 12.8 Å². The van der Waals surface area contributed by atoms with Crippen molar-refractivity contribution in [2.24, 2.45) is 17.8 Å². The van der Waals surface area contributed by atoms with Crippen molar-refractivity contribution in [2.45, 2.75) is 64.0 Å². The molecule has 3 fully saturated rings. The van der Waals surface area contributed by atoms with Crippen molar-refractivity contribution in [2.75, 3.05) is 7.11 Å². The zero-order chi connectivity index (χ0) is 17.6. The van der Waals surface area contributed by atoms with Gasteiger partial charge in [0.2, 0.25) is 0 Å². The molecule has 0 spiro atoms. The van der Waals surface area contributed by atoms with E-state index in [1.807, 2.05) is 11.6 Å². The molecule has 3 aliphatic carbocycles. The highest BCUT2D eigenvalue weighted by Crippen LogP contribution is 2.49. The standard InChI is InChI=1S/C19H27N3O3/c1-11-15(10-20-22(11)14-5-3-4-6-14)18(23)21-17-13-8-7-12(9-13)16(17)19(24)25-2/h10,12-14,16-17H,3-9H2,1-2H3,(H,21,23)/t12-,13-,16-,17+/m0/s1. The average molecular weight is 345 g/mol. The van der Waals surface area contributed by atoms with Gasteiger partial charge in [0.25, 0.3) is 5.91 Å². The summed E-state index contributed by atoms with van der Waals surface area (Å²) in [7, 11) is 1.43. The van der Waals surface area contributed by atoms with E-state index < -0.39 is 0 Å². The molecule has 0 aromatic carbocycles. The molecule has 6 heteroatoms. The summed E-state index contributed by atoms with van der Waals surface area (Å²) in [5.41, 5.74) is 1.57. The van der Waals surface area contributed by atoms with Gasteiger partial charge in [-0.3, -0.25) is 14.3 Å². The molecule has 1 amide bonds. The van der Waals surface area contributed by atoms with E-state index >= 15 is 0 Å². The summed E-state index contributed by atoms with van der Waals surface area (Å²) in [5.74, 6) is 0.259. The van der Waals surface area contributed by atoms with Gasteiger partial charge in [-0.25, -0.2) is 0 Å². The summed E-state index contributed by atoms with van der Waals surface area (Å²) in [6.45, 7) is 1.97. The topological polar surface area (TPSA) is 73.2 Å². The number of nitrogens with one attached hydrogen (secondary N) is 1. The Labute approximate surface area is 148 Å². The van der Waals surface area contributed by atoms with Crippen LogP contribution < -0.4 is 5.32 Å². The van der Waals surface area contributed by atoms with Crippen molar-refractivity contribution in [3.05, 3.63) is 17.5 Å². The van der Waals surface area contributed by atoms with Crippen molar-refractivity contribution in [1.29, 1.82) is 0 Å². The second-order valence-electron chi connectivity index (χ2n) is 7.91. The Morgan fingerprint density at radius 3 is 2.64 bits per heavy atom. The third-order valence-electron chi connectivity index (χ3n) is 6.65. The summed E-state index contributed by atoms with van der Waals surface area (Å²) < 4.78 is 7.01. The first kappa shape index (κ1) is 16.6. The molecule has 4 atom stereocenters. The zero-order valence-corrected chi connectivity index (χ0v) is 15.0. The van der Waals surface area contributed by atoms with Gasteiger partial charge in [0.15, 0.2) is 0 Å². The number of amides is 1. The Morgan fingerprint density at radius 2 is 1.92 bits per heavy atom. The molecule has 4 rings (SSSR count). The predicted molar refractivity (Wildman–Crippen MR) is 92.1 cm³/mol. The molecular weight excluding hydrogens is 318 g/mol. The minimum absolute atomic E-state index is 0.104. The van der Waals surface area contributed by atoms with Gasteiger partial charge in [0, 0.05) is 11.7 Å². The van der Waals surface area contributed by atoms with Crippen LogP contribution >= 0.6 is 0 Å². The Kier molecular flexibility index (Phi) is 4.29. The van der Waals surface area contributed by atoms with E-state index in [0.29, 0.717) is 23.4 Å². The molecule has 1 aromatic rings. The minimum Gasteiger partial charge on any atom is -0.469 e. The van der Waals surface area contributed by atoms with Crippen molar-refractivity contribution >= 4 is 11.9 Å². The summed E-state index contributed by atoms with van der Waals surface area (Å²) in [4.78, 5) is 25.1. The maximum atomic E-state index is 12.9. The quantitative estimate of drug-likeness (QED) is 0.852. The van der Waals surface area contributed by atoms with Crippen LogP contribution in [0.15, 0.2) is 6.20 Å². The monoisotopic (exact) mass is 345 g/mol. The SMILES string of the molecule is COC(=O)[C@H]1[C@H]2CC[C@@H](C2)[C@H]1NC(=O)c1cnn(C2CCCC2)c1C. The van der Waals surface area contributed by atoms with E-state index in [2.05, 4.69) is 10.4 Å². The van der Waals surface area contributed by atoms with E-state index in [-0.39, 0.29) is 23.8 Å². The fourth-order valence-electron chi connectivity index (χ4n) is 5.37. The lowest BCUT2D eigenvalue weighted by Gasteiger charge is -2.29. The Bertz CT molecular complexity index is 677. The number of nitrogens with zero attached hydrogens (tertiary/aromatic N) is 2. The number of carbonyl (C=O) groups excluding carboxylic acids is 2. The molecule has 2 bridgehead atoms. The lowest BCUT2D eigenvalue weighted by atomic mass is 9.84. The molecule has 0 aliphatic heterocycles. The number of fused-ring (bicyclic) bond motifs is 2. The second-order valence-corrected chi connectivity index (χ2v) is 7.91. The number of hydrogen-bond acceptors (Lipinski definition) is 4. The summed E-state index contributed by atoms with van der Waals surface area (Å²) in [5, 5.41) is 7.62. The highest BCUT2D eigenvalue weighted by molar-refractivity contribution is 5.95. The van der Waals surface area contributed by atoms with Gasteiger partial charge < -0.3 is 10.1 Å². The lowest BCUT2D eigenvalue weighted by molar-refractivity contribution is -0.148. The second kappa shape index (κ2) is 6.46. The Hall–Kier alpha value is -1.85. The molecule has 1 aromatic heterocycles. The van der Waals surface area contributed by atoms with Crippen molar-refractivity contribution < 1.29 is 14.3 Å². The number of esters is 1. The van der Waals surface area contributed by atoms with Crippen LogP contribution in [0.25, 0.3) is 0 Å². The summed E-state index contributed by atoms with van der Waals surface area (Å²) in [6.07, 6.45) is 9.60. The van der Waals surface area contributed by atoms with Crippen LogP contribution in [0.1, 0.15) is 67.0 Å². The number of methoxy groups -OCH3 is 1. The Morgan fingerprint density at radius 1 is 1.20 bits per heavy atom. The molecule has 3 saturated carbocycles. The maximum Gasteiger partial charge on any atom is 0.311 e. The first-order valence-electron chi connectivity index (χ1n) is 9.53. The predicted octanol–water partition coefficient (Wildman–Crippen LogP) is 2.62. The largest absolute Gasteiger partial charge is 0.469 e. The number of aromatic nitrogens is 2. The van der Waals surface area contributed by atoms with Crippen LogP contribution in [-0.4, -0.2) is 34.8 Å². The molecule has 25 heavy (non-hydrogen) atoms. The summed E-state index contributed by atoms with van der Waals surface area (Å²) in [6, 6.07) is 0.319. The highest BCUT2D eigenvalue weighted by Gasteiger charge is 2.52. The Balaban J connectivity index is 1.51. The van der Waals surface area contributed by atoms with Crippen LogP contribution in [0.2, 0.25) is 0 Å². The molecule has 0 radical (unpaired) electrons. The number of ether oxygens (including phenoxy) is 1. The zero-order valence-electron chi connectivity index (χ0n) is 15.0. The molecule has 136 valence electrons. The average Bonchev–Trinajstić information content (AvgIpc) is 3.37. The van der Waals surface area contributed by atoms with Gasteiger partial charge >= 0.3 is 5.97 Å². The van der Waals surface area contributed by atoms with E-state index in [1.54, 1.807) is 6.20 Å². The minimum atomic E-state index is -0.196. The number of carbonyl (C=O) groups is 2. The van der Waals surface area contributed by atoms with Gasteiger partial charge in [-0.15, -0.1) is 0 Å². The normalized spacial score (nSPS) is 31.4. The van der Waals surface area contributed by atoms with Gasteiger partial charge in [0.05, 0.1) is 30.8 Å². The van der Waals surface area contributed by atoms with Crippen LogP contribution in [0, 0.1) is 24.7 Å². The van der Waals surface area contributed by atoms with E-state index in [4.69, 9.17) is 4.74 Å². The molecule has 1 N–H and O–H groups in total. The van der Waals surface area contributed by atoms with Crippen LogP contribution in [-0.2, 0) is 9.53 Å². The van der Waals surface area contributed by atoms with Crippen LogP contribution in [0.5, 0.6) is 0 Å². The molecule has 3 aliphatic rings. The third kappa shape index (κ3) is 2.75. The van der Waals surface area contributed by atoms with Crippen molar-refractivity contribution in [3.63, 3.8) is 0 Å². The van der Waals surface area contributed by atoms with Gasteiger partial charge in [-0.2, -0.15) is 5.10 Å². The molecular formula is C19H27N3O3. The van der Waals surface area contributed by atoms with Gasteiger partial charge in [0.1, 0.15) is 0 Å². The number of rotatable bonds is 4. The lowest BCUT2D eigenvalue weighted by Crippen LogP contribution is -2.47. The third-order valence-corrected chi connectivity index (χ3v) is 6.65. The van der Waals surface area contributed by atoms with Crippen molar-refractivity contribution in [3.8, 4) is 0 Å². The maximum absolute atomic E-state index is 12.9. The number of hydrogen-bond donors (Lipinski definition) is 1. The molecule has 0 unspecified atom stereocenters. The fraction of sp³-hybridized carbons (Fsp3) is 0.737. The smallest absolute Gasteiger partial charge is 0.311 e. The van der Waals surface area contributed by atoms with E-state index in [9.17, 15) is 9.59 Å². The van der Waals surface area contributed by atoms with Crippen LogP contribution in [0.3, 0.4) is 0 Å². The van der Waals surface area contributed by atoms with Crippen LogP contribution in [0.4, 0.5) is 0 Å². The first-order valence-corrected chi connectivity index (χ1v) is 9.53. The molecule has 6 nitrogen and oxygen atoms in total. The first-order chi connectivity index (χ1) is 12.1. The van der Waals surface area contributed by atoms with Crippen molar-refractivity contribution in [1.82, 2.24) is 15.1 Å². The molecule has 0 saturated heterocycles. The van der Waals surface area contributed by atoms with Gasteiger partial charge in [-0.05, 0) is 50.9 Å². The molecule has 1 heterocycles. The van der Waals surface area contributed by atoms with E-state index in [1.165, 1.54) is 20.0 Å². The highest BCUT2D eigenvalue weighted by atomic mass is 16.5. The fourth-order valence-corrected chi connectivity index (χ4v) is 5.37. The summed E-state index contributed by atoms with van der Waals surface area (Å²) >= 11 is 0. The van der Waals surface area contributed by atoms with E-state index in [0.717, 1.165) is 37.8 Å².